The summed E-state index contributed by atoms with van der Waals surface area (Å²) in [5, 5.41) is 16.0. The van der Waals surface area contributed by atoms with Gasteiger partial charge in [-0.2, -0.15) is 10.4 Å². The van der Waals surface area contributed by atoms with Crippen LogP contribution in [0.5, 0.6) is 0 Å². The van der Waals surface area contributed by atoms with Gasteiger partial charge in [0.25, 0.3) is 5.91 Å². The SMILES string of the molecule is Cn1cc(-c2ccc3nc(C(=O)N[C@@H]4CCN(C#N)C4)cn3c2)cn1. The van der Waals surface area contributed by atoms with Crippen molar-refractivity contribution in [2.75, 3.05) is 13.1 Å². The van der Waals surface area contributed by atoms with Gasteiger partial charge in [0.05, 0.1) is 6.20 Å². The highest BCUT2D eigenvalue weighted by Crippen LogP contribution is 2.19. The zero-order chi connectivity index (χ0) is 17.4. The van der Waals surface area contributed by atoms with Crippen LogP contribution in [-0.4, -0.2) is 49.1 Å². The number of imidazole rings is 1. The van der Waals surface area contributed by atoms with E-state index in [0.717, 1.165) is 17.5 Å². The number of likely N-dealkylation sites (tertiary alicyclic amines) is 1. The van der Waals surface area contributed by atoms with Crippen molar-refractivity contribution < 1.29 is 4.79 Å². The van der Waals surface area contributed by atoms with E-state index in [-0.39, 0.29) is 11.9 Å². The molecule has 4 rings (SSSR count). The number of nitrogens with one attached hydrogen (secondary N) is 1. The van der Waals surface area contributed by atoms with Crippen LogP contribution in [0.2, 0.25) is 0 Å². The zero-order valence-electron chi connectivity index (χ0n) is 13.8. The Labute approximate surface area is 144 Å². The third-order valence-corrected chi connectivity index (χ3v) is 4.39. The Kier molecular flexibility index (Phi) is 3.61. The maximum Gasteiger partial charge on any atom is 0.271 e. The number of aromatic nitrogens is 4. The maximum atomic E-state index is 12.4. The second-order valence-corrected chi connectivity index (χ2v) is 6.22. The standard InChI is InChI=1S/C17H17N7O/c1-22-7-13(6-19-22)12-2-3-16-21-15(10-24(16)8-12)17(25)20-14-4-5-23(9-14)11-18/h2-3,6-8,10,14H,4-5,9H2,1H3,(H,20,25)/t14-/m1/s1. The minimum atomic E-state index is -0.212. The van der Waals surface area contributed by atoms with Crippen molar-refractivity contribution in [3.8, 4) is 17.3 Å². The Balaban J connectivity index is 1.55. The molecule has 0 radical (unpaired) electrons. The molecule has 0 bridgehead atoms. The van der Waals surface area contributed by atoms with Crippen molar-refractivity contribution in [1.82, 2.24) is 29.4 Å². The first-order chi connectivity index (χ1) is 12.1. The number of fused-ring (bicyclic) bond motifs is 1. The average molecular weight is 335 g/mol. The van der Waals surface area contributed by atoms with E-state index < -0.39 is 0 Å². The van der Waals surface area contributed by atoms with Crippen molar-refractivity contribution in [2.45, 2.75) is 12.5 Å². The molecule has 0 spiro atoms. The molecule has 25 heavy (non-hydrogen) atoms. The van der Waals surface area contributed by atoms with Crippen molar-refractivity contribution >= 4 is 11.6 Å². The highest BCUT2D eigenvalue weighted by atomic mass is 16.2. The lowest BCUT2D eigenvalue weighted by molar-refractivity contribution is 0.0934. The second kappa shape index (κ2) is 5.94. The van der Waals surface area contributed by atoms with Crippen molar-refractivity contribution in [3.63, 3.8) is 0 Å². The van der Waals surface area contributed by atoms with Gasteiger partial charge in [-0.25, -0.2) is 4.98 Å². The fraction of sp³-hybridized carbons (Fsp3) is 0.294. The average Bonchev–Trinajstić information content (AvgIpc) is 3.32. The molecule has 4 heterocycles. The van der Waals surface area contributed by atoms with E-state index >= 15 is 0 Å². The van der Waals surface area contributed by atoms with Gasteiger partial charge in [-0.05, 0) is 18.6 Å². The van der Waals surface area contributed by atoms with Gasteiger partial charge in [0.2, 0.25) is 0 Å². The van der Waals surface area contributed by atoms with Crippen molar-refractivity contribution in [3.05, 3.63) is 42.6 Å². The van der Waals surface area contributed by atoms with E-state index in [9.17, 15) is 4.79 Å². The van der Waals surface area contributed by atoms with E-state index in [1.54, 1.807) is 22.0 Å². The Morgan fingerprint density at radius 2 is 2.20 bits per heavy atom. The summed E-state index contributed by atoms with van der Waals surface area (Å²) in [4.78, 5) is 18.5. The summed E-state index contributed by atoms with van der Waals surface area (Å²) >= 11 is 0. The second-order valence-electron chi connectivity index (χ2n) is 6.22. The summed E-state index contributed by atoms with van der Waals surface area (Å²) in [5.41, 5.74) is 3.10. The van der Waals surface area contributed by atoms with Gasteiger partial charge in [-0.1, -0.05) is 0 Å². The highest BCUT2D eigenvalue weighted by Gasteiger charge is 2.24. The molecule has 0 aliphatic carbocycles. The van der Waals surface area contributed by atoms with E-state index in [1.165, 1.54) is 0 Å². The van der Waals surface area contributed by atoms with Crippen LogP contribution < -0.4 is 5.32 Å². The molecule has 3 aromatic rings. The van der Waals surface area contributed by atoms with Gasteiger partial charge in [0.15, 0.2) is 6.19 Å². The van der Waals surface area contributed by atoms with Crippen molar-refractivity contribution in [1.29, 1.82) is 5.26 Å². The normalized spacial score (nSPS) is 17.0. The molecule has 0 aromatic carbocycles. The molecule has 0 unspecified atom stereocenters. The van der Waals surface area contributed by atoms with Crippen LogP contribution in [0.25, 0.3) is 16.8 Å². The first-order valence-corrected chi connectivity index (χ1v) is 8.06. The maximum absolute atomic E-state index is 12.4. The molecule has 1 N–H and O–H groups in total. The van der Waals surface area contributed by atoms with Gasteiger partial charge in [-0.3, -0.25) is 9.48 Å². The number of aryl methyl sites for hydroxylation is 1. The lowest BCUT2D eigenvalue weighted by atomic mass is 10.2. The van der Waals surface area contributed by atoms with Crippen molar-refractivity contribution in [2.24, 2.45) is 7.05 Å². The molecular formula is C17H17N7O. The summed E-state index contributed by atoms with van der Waals surface area (Å²) in [6, 6.07) is 3.83. The summed E-state index contributed by atoms with van der Waals surface area (Å²) in [6.07, 6.45) is 10.3. The van der Waals surface area contributed by atoms with Gasteiger partial charge in [0, 0.05) is 55.9 Å². The molecule has 0 saturated carbocycles. The van der Waals surface area contributed by atoms with Crippen LogP contribution >= 0.6 is 0 Å². The molecule has 126 valence electrons. The van der Waals surface area contributed by atoms with Gasteiger partial charge in [-0.15, -0.1) is 0 Å². The molecule has 8 heteroatoms. The van der Waals surface area contributed by atoms with Crippen LogP contribution in [0.15, 0.2) is 36.9 Å². The molecule has 1 aliphatic heterocycles. The van der Waals surface area contributed by atoms with Crippen LogP contribution in [-0.2, 0) is 7.05 Å². The number of pyridine rings is 1. The number of nitriles is 1. The Morgan fingerprint density at radius 1 is 1.32 bits per heavy atom. The number of hydrogen-bond acceptors (Lipinski definition) is 5. The van der Waals surface area contributed by atoms with Crippen LogP contribution in [0, 0.1) is 11.5 Å². The fourth-order valence-electron chi connectivity index (χ4n) is 3.07. The highest BCUT2D eigenvalue weighted by molar-refractivity contribution is 5.93. The Hall–Kier alpha value is -3.34. The summed E-state index contributed by atoms with van der Waals surface area (Å²) in [6.45, 7) is 1.24. The molecule has 1 aliphatic rings. The fourth-order valence-corrected chi connectivity index (χ4v) is 3.07. The third kappa shape index (κ3) is 2.92. The van der Waals surface area contributed by atoms with Gasteiger partial charge >= 0.3 is 0 Å². The van der Waals surface area contributed by atoms with E-state index in [0.29, 0.717) is 24.4 Å². The quantitative estimate of drug-likeness (QED) is 0.722. The van der Waals surface area contributed by atoms with Gasteiger partial charge < -0.3 is 14.6 Å². The lowest BCUT2D eigenvalue weighted by Gasteiger charge is -2.10. The zero-order valence-corrected chi connectivity index (χ0v) is 13.8. The molecule has 1 saturated heterocycles. The molecule has 1 amide bonds. The molecular weight excluding hydrogens is 318 g/mol. The van der Waals surface area contributed by atoms with Crippen LogP contribution in [0.4, 0.5) is 0 Å². The first kappa shape index (κ1) is 15.2. The molecule has 1 atom stereocenters. The lowest BCUT2D eigenvalue weighted by Crippen LogP contribution is -2.36. The topological polar surface area (TPSA) is 91.2 Å². The van der Waals surface area contributed by atoms with Crippen LogP contribution in [0.3, 0.4) is 0 Å². The first-order valence-electron chi connectivity index (χ1n) is 8.06. The minimum absolute atomic E-state index is 0.0112. The van der Waals surface area contributed by atoms with E-state index in [1.807, 2.05) is 36.0 Å². The third-order valence-electron chi connectivity index (χ3n) is 4.39. The van der Waals surface area contributed by atoms with Gasteiger partial charge in [0.1, 0.15) is 11.3 Å². The number of rotatable bonds is 3. The monoisotopic (exact) mass is 335 g/mol. The minimum Gasteiger partial charge on any atom is -0.346 e. The largest absolute Gasteiger partial charge is 0.346 e. The summed E-state index contributed by atoms with van der Waals surface area (Å²) in [5.74, 6) is -0.212. The predicted octanol–water partition coefficient (Wildman–Crippen LogP) is 1.02. The molecule has 8 nitrogen and oxygen atoms in total. The molecule has 1 fully saturated rings. The Morgan fingerprint density at radius 3 is 2.92 bits per heavy atom. The number of nitrogens with zero attached hydrogens (tertiary/aromatic N) is 6. The Bertz CT molecular complexity index is 980. The predicted molar refractivity (Wildman–Crippen MR) is 90.5 cm³/mol. The molecule has 3 aromatic heterocycles. The van der Waals surface area contributed by atoms with E-state index in [4.69, 9.17) is 5.26 Å². The van der Waals surface area contributed by atoms with E-state index in [2.05, 4.69) is 21.6 Å². The summed E-state index contributed by atoms with van der Waals surface area (Å²) < 4.78 is 3.59. The number of amides is 1. The summed E-state index contributed by atoms with van der Waals surface area (Å²) in [7, 11) is 1.87. The smallest absolute Gasteiger partial charge is 0.271 e. The number of hydrogen-bond donors (Lipinski definition) is 1. The number of carbonyl (C=O) groups excluding carboxylic acids is 1. The number of carbonyl (C=O) groups is 1. The van der Waals surface area contributed by atoms with Crippen LogP contribution in [0.1, 0.15) is 16.9 Å².